The van der Waals surface area contributed by atoms with Crippen LogP contribution < -0.4 is 5.73 Å². The zero-order chi connectivity index (χ0) is 17.3. The van der Waals surface area contributed by atoms with Crippen LogP contribution in [-0.4, -0.2) is 19.8 Å². The first-order chi connectivity index (χ1) is 11.5. The predicted molar refractivity (Wildman–Crippen MR) is 101 cm³/mol. The molecule has 0 spiro atoms. The smallest absolute Gasteiger partial charge is 0.235 e. The lowest BCUT2D eigenvalue weighted by molar-refractivity contribution is 0.485. The van der Waals surface area contributed by atoms with E-state index >= 15 is 0 Å². The maximum absolute atomic E-state index is 6.22. The molecule has 128 valence electrons. The van der Waals surface area contributed by atoms with Gasteiger partial charge in [0.05, 0.1) is 6.04 Å². The van der Waals surface area contributed by atoms with Crippen molar-refractivity contribution in [1.29, 1.82) is 0 Å². The highest BCUT2D eigenvalue weighted by molar-refractivity contribution is 8.00. The fourth-order valence-corrected chi connectivity index (χ4v) is 4.95. The minimum atomic E-state index is -0.169. The zero-order valence-corrected chi connectivity index (χ0v) is 16.4. The number of benzene rings is 1. The minimum absolute atomic E-state index is 0.169. The second-order valence-corrected chi connectivity index (χ2v) is 8.84. The number of rotatable bonds is 6. The maximum Gasteiger partial charge on any atom is 0.235 e. The maximum atomic E-state index is 6.22. The molecule has 24 heavy (non-hydrogen) atoms. The van der Waals surface area contributed by atoms with Crippen LogP contribution in [0.1, 0.15) is 37.7 Å². The van der Waals surface area contributed by atoms with E-state index in [9.17, 15) is 0 Å². The van der Waals surface area contributed by atoms with Gasteiger partial charge in [0.2, 0.25) is 4.96 Å². The van der Waals surface area contributed by atoms with Gasteiger partial charge < -0.3 is 5.73 Å². The summed E-state index contributed by atoms with van der Waals surface area (Å²) in [6, 6.07) is 5.35. The van der Waals surface area contributed by atoms with Crippen LogP contribution >= 0.6 is 46.3 Å². The normalized spacial score (nSPS) is 13.1. The summed E-state index contributed by atoms with van der Waals surface area (Å²) in [5.41, 5.74) is 7.13. The number of halogens is 2. The van der Waals surface area contributed by atoms with E-state index in [2.05, 4.69) is 29.1 Å². The highest BCUT2D eigenvalue weighted by atomic mass is 35.5. The van der Waals surface area contributed by atoms with Gasteiger partial charge in [-0.1, -0.05) is 66.2 Å². The van der Waals surface area contributed by atoms with Crippen LogP contribution in [0, 0.1) is 5.92 Å². The Kier molecular flexibility index (Phi) is 5.66. The minimum Gasteiger partial charge on any atom is -0.321 e. The first kappa shape index (κ1) is 17.9. The van der Waals surface area contributed by atoms with Crippen LogP contribution in [0.5, 0.6) is 0 Å². The van der Waals surface area contributed by atoms with E-state index in [1.807, 2.05) is 18.2 Å². The average molecular weight is 402 g/mol. The van der Waals surface area contributed by atoms with Crippen LogP contribution in [0.25, 0.3) is 4.96 Å². The molecule has 5 nitrogen and oxygen atoms in total. The first-order valence-electron chi connectivity index (χ1n) is 7.49. The largest absolute Gasteiger partial charge is 0.321 e. The SMILES string of the molecule is CC(C)C[C@H](N)c1nnc2sc(SCc3c(Cl)cccc3Cl)nn12. The highest BCUT2D eigenvalue weighted by Gasteiger charge is 2.19. The number of hydrogen-bond acceptors (Lipinski definition) is 6. The van der Waals surface area contributed by atoms with Crippen LogP contribution in [0.2, 0.25) is 10.0 Å². The molecule has 0 aliphatic rings. The van der Waals surface area contributed by atoms with Gasteiger partial charge in [0.25, 0.3) is 0 Å². The first-order valence-corrected chi connectivity index (χ1v) is 10.0. The van der Waals surface area contributed by atoms with Gasteiger partial charge in [-0.2, -0.15) is 4.52 Å². The van der Waals surface area contributed by atoms with Crippen LogP contribution in [0.4, 0.5) is 0 Å². The Labute approximate surface area is 158 Å². The molecule has 3 aromatic rings. The Hall–Kier alpha value is -0.860. The number of fused-ring (bicyclic) bond motifs is 1. The van der Waals surface area contributed by atoms with Crippen molar-refractivity contribution in [3.8, 4) is 0 Å². The number of aromatic nitrogens is 4. The molecular formula is C15H17Cl2N5S2. The molecule has 2 heterocycles. The lowest BCUT2D eigenvalue weighted by Gasteiger charge is -2.10. The molecule has 0 unspecified atom stereocenters. The molecule has 2 aromatic heterocycles. The third kappa shape index (κ3) is 3.86. The van der Waals surface area contributed by atoms with Crippen molar-refractivity contribution in [2.45, 2.75) is 36.4 Å². The van der Waals surface area contributed by atoms with E-state index < -0.39 is 0 Å². The Balaban J connectivity index is 1.78. The molecule has 2 N–H and O–H groups in total. The van der Waals surface area contributed by atoms with Crippen LogP contribution in [-0.2, 0) is 5.75 Å². The van der Waals surface area contributed by atoms with Gasteiger partial charge >= 0.3 is 0 Å². The predicted octanol–water partition coefficient (Wildman–Crippen LogP) is 4.83. The molecule has 0 saturated heterocycles. The zero-order valence-electron chi connectivity index (χ0n) is 13.2. The Morgan fingerprint density at radius 3 is 2.62 bits per heavy atom. The fraction of sp³-hybridized carbons (Fsp3) is 0.400. The van der Waals surface area contributed by atoms with Crippen LogP contribution in [0.15, 0.2) is 22.5 Å². The van der Waals surface area contributed by atoms with Gasteiger partial charge in [0.15, 0.2) is 10.2 Å². The number of nitrogens with two attached hydrogens (primary N) is 1. The van der Waals surface area contributed by atoms with Gasteiger partial charge in [-0.05, 0) is 30.0 Å². The van der Waals surface area contributed by atoms with Gasteiger partial charge in [-0.15, -0.1) is 15.3 Å². The van der Waals surface area contributed by atoms with E-state index in [0.717, 1.165) is 21.3 Å². The monoisotopic (exact) mass is 401 g/mol. The number of hydrogen-bond donors (Lipinski definition) is 1. The highest BCUT2D eigenvalue weighted by Crippen LogP contribution is 2.33. The van der Waals surface area contributed by atoms with Gasteiger partial charge in [-0.25, -0.2) is 0 Å². The summed E-state index contributed by atoms with van der Waals surface area (Å²) in [6.45, 7) is 4.27. The molecule has 0 bridgehead atoms. The van der Waals surface area contributed by atoms with E-state index in [-0.39, 0.29) is 6.04 Å². The summed E-state index contributed by atoms with van der Waals surface area (Å²) >= 11 is 15.5. The topological polar surface area (TPSA) is 69.1 Å². The van der Waals surface area contributed by atoms with Crippen molar-refractivity contribution >= 4 is 51.3 Å². The summed E-state index contributed by atoms with van der Waals surface area (Å²) in [4.78, 5) is 0.747. The summed E-state index contributed by atoms with van der Waals surface area (Å²) in [5.74, 6) is 1.84. The van der Waals surface area contributed by atoms with Crippen molar-refractivity contribution in [2.24, 2.45) is 11.7 Å². The summed E-state index contributed by atoms with van der Waals surface area (Å²) in [6.07, 6.45) is 0.843. The quantitative estimate of drug-likeness (QED) is 0.598. The summed E-state index contributed by atoms with van der Waals surface area (Å²) in [7, 11) is 0. The second-order valence-electron chi connectivity index (χ2n) is 5.85. The fourth-order valence-electron chi connectivity index (χ4n) is 2.32. The van der Waals surface area contributed by atoms with E-state index in [1.54, 1.807) is 16.3 Å². The molecule has 0 amide bonds. The van der Waals surface area contributed by atoms with Gasteiger partial charge in [0, 0.05) is 15.8 Å². The van der Waals surface area contributed by atoms with Crippen LogP contribution in [0.3, 0.4) is 0 Å². The molecule has 0 radical (unpaired) electrons. The standard InChI is InChI=1S/C15H17Cl2N5S2/c1-8(2)6-12(18)13-19-20-14-22(13)21-15(24-14)23-7-9-10(16)4-3-5-11(9)17/h3-5,8,12H,6-7,18H2,1-2H3/t12-/m0/s1. The Morgan fingerprint density at radius 2 is 1.96 bits per heavy atom. The van der Waals surface area contributed by atoms with Crippen molar-refractivity contribution in [3.05, 3.63) is 39.6 Å². The summed E-state index contributed by atoms with van der Waals surface area (Å²) in [5, 5.41) is 14.3. The molecule has 9 heteroatoms. The molecule has 0 fully saturated rings. The van der Waals surface area contributed by atoms with E-state index in [1.165, 1.54) is 11.3 Å². The molecule has 3 rings (SSSR count). The lowest BCUT2D eigenvalue weighted by Crippen LogP contribution is -2.16. The molecule has 0 saturated carbocycles. The van der Waals surface area contributed by atoms with Crippen molar-refractivity contribution < 1.29 is 0 Å². The van der Waals surface area contributed by atoms with Crippen molar-refractivity contribution in [3.63, 3.8) is 0 Å². The number of nitrogens with zero attached hydrogens (tertiary/aromatic N) is 4. The third-order valence-corrected chi connectivity index (χ3v) is 6.22. The third-order valence-electron chi connectivity index (χ3n) is 3.46. The Morgan fingerprint density at radius 1 is 1.25 bits per heavy atom. The Bertz CT molecular complexity index is 825. The van der Waals surface area contributed by atoms with E-state index in [0.29, 0.717) is 27.5 Å². The van der Waals surface area contributed by atoms with Gasteiger partial charge in [0.1, 0.15) is 0 Å². The van der Waals surface area contributed by atoms with Crippen molar-refractivity contribution in [1.82, 2.24) is 19.8 Å². The second kappa shape index (κ2) is 7.58. The lowest BCUT2D eigenvalue weighted by atomic mass is 10.0. The molecule has 0 aliphatic carbocycles. The average Bonchev–Trinajstić information content (AvgIpc) is 3.05. The van der Waals surface area contributed by atoms with Crippen molar-refractivity contribution in [2.75, 3.05) is 0 Å². The van der Waals surface area contributed by atoms with Gasteiger partial charge in [-0.3, -0.25) is 0 Å². The molecule has 1 atom stereocenters. The molecule has 0 aliphatic heterocycles. The molecule has 1 aromatic carbocycles. The molecular weight excluding hydrogens is 385 g/mol. The summed E-state index contributed by atoms with van der Waals surface area (Å²) < 4.78 is 2.63. The number of thioether (sulfide) groups is 1. The van der Waals surface area contributed by atoms with E-state index in [4.69, 9.17) is 28.9 Å².